The van der Waals surface area contributed by atoms with Crippen molar-refractivity contribution in [2.75, 3.05) is 0 Å². The van der Waals surface area contributed by atoms with Crippen molar-refractivity contribution in [3.63, 3.8) is 0 Å². The molecule has 2 atom stereocenters. The second kappa shape index (κ2) is 7.42. The molecule has 4 heteroatoms. The van der Waals surface area contributed by atoms with Gasteiger partial charge in [-0.05, 0) is 42.4 Å². The van der Waals surface area contributed by atoms with Gasteiger partial charge in [0.15, 0.2) is 0 Å². The molecule has 0 aromatic carbocycles. The van der Waals surface area contributed by atoms with Gasteiger partial charge < -0.3 is 9.79 Å². The summed E-state index contributed by atoms with van der Waals surface area (Å²) in [4.78, 5) is 20.4. The quantitative estimate of drug-likeness (QED) is 0.626. The Bertz CT molecular complexity index is 315. The van der Waals surface area contributed by atoms with Crippen molar-refractivity contribution < 1.29 is 14.4 Å². The van der Waals surface area contributed by atoms with Crippen LogP contribution in [-0.2, 0) is 4.57 Å². The Labute approximate surface area is 125 Å². The highest BCUT2D eigenvalue weighted by molar-refractivity contribution is 7.53. The summed E-state index contributed by atoms with van der Waals surface area (Å²) in [6.45, 7) is 16.5. The van der Waals surface area contributed by atoms with Crippen LogP contribution in [0, 0.1) is 29.6 Å². The highest BCUT2D eigenvalue weighted by atomic mass is 31.2. The van der Waals surface area contributed by atoms with Gasteiger partial charge in [0.1, 0.15) is 0 Å². The minimum absolute atomic E-state index is 0.0112. The van der Waals surface area contributed by atoms with E-state index in [0.717, 1.165) is 12.8 Å². The van der Waals surface area contributed by atoms with Crippen LogP contribution < -0.4 is 0 Å². The minimum Gasteiger partial charge on any atom is -0.324 e. The zero-order valence-corrected chi connectivity index (χ0v) is 15.4. The highest BCUT2D eigenvalue weighted by Gasteiger charge is 2.56. The number of rotatable bonds is 8. The van der Waals surface area contributed by atoms with E-state index < -0.39 is 12.8 Å². The van der Waals surface area contributed by atoms with Crippen LogP contribution in [0.25, 0.3) is 0 Å². The number of hydrogen-bond acceptors (Lipinski definition) is 1. The Kier molecular flexibility index (Phi) is 7.48. The molecule has 0 amide bonds. The van der Waals surface area contributed by atoms with Crippen molar-refractivity contribution in [1.82, 2.24) is 0 Å². The Balaban J connectivity index is 5.78. The topological polar surface area (TPSA) is 57.5 Å². The molecule has 0 aliphatic heterocycles. The van der Waals surface area contributed by atoms with Gasteiger partial charge in [-0.2, -0.15) is 0 Å². The summed E-state index contributed by atoms with van der Waals surface area (Å²) < 4.78 is 12.4. The predicted molar refractivity (Wildman–Crippen MR) is 86.9 cm³/mol. The maximum atomic E-state index is 12.4. The molecule has 0 rings (SSSR count). The fourth-order valence-electron chi connectivity index (χ4n) is 4.33. The van der Waals surface area contributed by atoms with Crippen molar-refractivity contribution in [2.45, 2.75) is 73.4 Å². The summed E-state index contributed by atoms with van der Waals surface area (Å²) in [5.74, 6) is 0.877. The van der Waals surface area contributed by atoms with Gasteiger partial charge in [-0.25, -0.2) is 0 Å². The van der Waals surface area contributed by atoms with Gasteiger partial charge in [0.05, 0.1) is 5.16 Å². The monoisotopic (exact) mass is 306 g/mol. The lowest BCUT2D eigenvalue weighted by Crippen LogP contribution is -2.48. The molecule has 0 aliphatic carbocycles. The van der Waals surface area contributed by atoms with Crippen molar-refractivity contribution in [2.24, 2.45) is 29.6 Å². The minimum atomic E-state index is -4.19. The average molecular weight is 306 g/mol. The van der Waals surface area contributed by atoms with E-state index in [0.29, 0.717) is 11.8 Å². The predicted octanol–water partition coefficient (Wildman–Crippen LogP) is 4.92. The third kappa shape index (κ3) is 4.32. The standard InChI is InChI=1S/C16H35O3P/c1-11(2)9-14(7)16(13(5)6,20(17,18)19)15(8)10-12(3)4/h11-15H,9-10H2,1-8H3,(H2,17,18,19). The van der Waals surface area contributed by atoms with Crippen LogP contribution in [-0.4, -0.2) is 14.9 Å². The molecule has 0 heterocycles. The van der Waals surface area contributed by atoms with E-state index in [2.05, 4.69) is 27.7 Å². The first kappa shape index (κ1) is 20.1. The van der Waals surface area contributed by atoms with Gasteiger partial charge >= 0.3 is 7.60 Å². The smallest absolute Gasteiger partial charge is 0.324 e. The summed E-state index contributed by atoms with van der Waals surface area (Å²) >= 11 is 0. The summed E-state index contributed by atoms with van der Waals surface area (Å²) in [5, 5.41) is -0.915. The van der Waals surface area contributed by atoms with Crippen LogP contribution in [0.4, 0.5) is 0 Å². The van der Waals surface area contributed by atoms with E-state index >= 15 is 0 Å². The molecule has 0 spiro atoms. The maximum Gasteiger partial charge on any atom is 0.332 e. The molecule has 0 aromatic heterocycles. The first-order valence-electron chi connectivity index (χ1n) is 7.92. The van der Waals surface area contributed by atoms with Crippen LogP contribution >= 0.6 is 7.60 Å². The van der Waals surface area contributed by atoms with Gasteiger partial charge in [0.2, 0.25) is 0 Å². The number of hydrogen-bond donors (Lipinski definition) is 2. The van der Waals surface area contributed by atoms with Crippen LogP contribution in [0.5, 0.6) is 0 Å². The van der Waals surface area contributed by atoms with E-state index in [4.69, 9.17) is 0 Å². The van der Waals surface area contributed by atoms with Crippen LogP contribution in [0.1, 0.15) is 68.2 Å². The van der Waals surface area contributed by atoms with Gasteiger partial charge in [-0.1, -0.05) is 55.4 Å². The van der Waals surface area contributed by atoms with E-state index in [1.165, 1.54) is 0 Å². The molecule has 0 aliphatic rings. The zero-order chi connectivity index (χ0) is 16.3. The maximum absolute atomic E-state index is 12.4. The van der Waals surface area contributed by atoms with Crippen molar-refractivity contribution in [1.29, 1.82) is 0 Å². The Morgan fingerprint density at radius 2 is 1.10 bits per heavy atom. The Morgan fingerprint density at radius 1 is 0.800 bits per heavy atom. The second-order valence-corrected chi connectivity index (χ2v) is 9.51. The molecule has 0 bridgehead atoms. The first-order valence-corrected chi connectivity index (χ1v) is 9.54. The molecule has 3 nitrogen and oxygen atoms in total. The molecule has 0 saturated heterocycles. The molecule has 122 valence electrons. The summed E-state index contributed by atoms with van der Waals surface area (Å²) in [5.41, 5.74) is 0. The van der Waals surface area contributed by atoms with Crippen LogP contribution in [0.3, 0.4) is 0 Å². The normalized spacial score (nSPS) is 19.4. The fraction of sp³-hybridized carbons (Fsp3) is 1.00. The molecule has 0 saturated carbocycles. The molecular formula is C16H35O3P. The Morgan fingerprint density at radius 3 is 1.25 bits per heavy atom. The van der Waals surface area contributed by atoms with Crippen molar-refractivity contribution >= 4 is 7.60 Å². The third-order valence-corrected chi connectivity index (χ3v) is 7.07. The second-order valence-electron chi connectivity index (χ2n) is 7.65. The summed E-state index contributed by atoms with van der Waals surface area (Å²) in [6.07, 6.45) is 1.71. The van der Waals surface area contributed by atoms with E-state index in [1.807, 2.05) is 27.7 Å². The fourth-order valence-corrected chi connectivity index (χ4v) is 6.36. The third-order valence-electron chi connectivity index (χ3n) is 4.66. The van der Waals surface area contributed by atoms with Crippen molar-refractivity contribution in [3.8, 4) is 0 Å². The Hall–Kier alpha value is 0.150. The van der Waals surface area contributed by atoms with Gasteiger partial charge in [-0.3, -0.25) is 4.57 Å². The largest absolute Gasteiger partial charge is 0.332 e. The van der Waals surface area contributed by atoms with E-state index in [1.54, 1.807) is 0 Å². The molecule has 0 radical (unpaired) electrons. The van der Waals surface area contributed by atoms with Gasteiger partial charge in [-0.15, -0.1) is 0 Å². The lowest BCUT2D eigenvalue weighted by atomic mass is 9.70. The first-order chi connectivity index (χ1) is 8.87. The van der Waals surface area contributed by atoms with E-state index in [-0.39, 0.29) is 17.8 Å². The lowest BCUT2D eigenvalue weighted by Gasteiger charge is -2.48. The zero-order valence-electron chi connectivity index (χ0n) is 14.6. The molecular weight excluding hydrogens is 271 g/mol. The molecule has 0 fully saturated rings. The van der Waals surface area contributed by atoms with E-state index in [9.17, 15) is 14.4 Å². The van der Waals surface area contributed by atoms with Crippen LogP contribution in [0.15, 0.2) is 0 Å². The highest BCUT2D eigenvalue weighted by Crippen LogP contribution is 2.64. The average Bonchev–Trinajstić information content (AvgIpc) is 2.11. The molecule has 2 unspecified atom stereocenters. The molecule has 0 aromatic rings. The summed E-state index contributed by atoms with van der Waals surface area (Å²) in [6, 6.07) is 0. The van der Waals surface area contributed by atoms with Crippen molar-refractivity contribution in [3.05, 3.63) is 0 Å². The SMILES string of the molecule is CC(C)CC(C)C(C(C)C)(C(C)CC(C)C)P(=O)(O)O. The molecule has 2 N–H and O–H groups in total. The van der Waals surface area contributed by atoms with Gasteiger partial charge in [0, 0.05) is 0 Å². The summed E-state index contributed by atoms with van der Waals surface area (Å²) in [7, 11) is -4.19. The lowest BCUT2D eigenvalue weighted by molar-refractivity contribution is 0.139. The van der Waals surface area contributed by atoms with Gasteiger partial charge in [0.25, 0.3) is 0 Å². The molecule has 20 heavy (non-hydrogen) atoms. The van der Waals surface area contributed by atoms with Crippen LogP contribution in [0.2, 0.25) is 0 Å².